The summed E-state index contributed by atoms with van der Waals surface area (Å²) in [5.74, 6) is 0.911. The highest BCUT2D eigenvalue weighted by Gasteiger charge is 2.60. The van der Waals surface area contributed by atoms with Crippen LogP contribution in [0.15, 0.2) is 0 Å². The molecule has 1 N–H and O–H groups in total. The van der Waals surface area contributed by atoms with Crippen molar-refractivity contribution in [2.75, 3.05) is 33.5 Å². The van der Waals surface area contributed by atoms with Crippen molar-refractivity contribution in [1.82, 2.24) is 5.32 Å². The van der Waals surface area contributed by atoms with Gasteiger partial charge in [-0.2, -0.15) is 0 Å². The molecule has 0 saturated heterocycles. The van der Waals surface area contributed by atoms with Crippen LogP contribution in [0.3, 0.4) is 0 Å². The average Bonchev–Trinajstić information content (AvgIpc) is 2.66. The number of fused-ring (bicyclic) bond motifs is 2. The second kappa shape index (κ2) is 5.48. The van der Waals surface area contributed by atoms with Crippen LogP contribution in [-0.2, 0) is 9.47 Å². The SMILES string of the molecule is COCCOCCNC1CC2CCC1(C)C2(C)C. The first-order valence-corrected chi connectivity index (χ1v) is 7.32. The van der Waals surface area contributed by atoms with Crippen molar-refractivity contribution in [2.45, 2.75) is 46.1 Å². The summed E-state index contributed by atoms with van der Waals surface area (Å²) in [7, 11) is 1.71. The number of hydrogen-bond donors (Lipinski definition) is 1. The Labute approximate surface area is 112 Å². The second-order valence-corrected chi connectivity index (χ2v) is 6.72. The van der Waals surface area contributed by atoms with Gasteiger partial charge in [0.15, 0.2) is 0 Å². The van der Waals surface area contributed by atoms with Crippen LogP contribution in [-0.4, -0.2) is 39.5 Å². The van der Waals surface area contributed by atoms with E-state index in [4.69, 9.17) is 9.47 Å². The van der Waals surface area contributed by atoms with Crippen molar-refractivity contribution in [3.05, 3.63) is 0 Å². The lowest BCUT2D eigenvalue weighted by molar-refractivity contribution is 0.0654. The van der Waals surface area contributed by atoms with Crippen molar-refractivity contribution in [1.29, 1.82) is 0 Å². The highest BCUT2D eigenvalue weighted by atomic mass is 16.5. The van der Waals surface area contributed by atoms with E-state index in [1.54, 1.807) is 7.11 Å². The molecule has 0 radical (unpaired) electrons. The highest BCUT2D eigenvalue weighted by Crippen LogP contribution is 2.65. The second-order valence-electron chi connectivity index (χ2n) is 6.72. The summed E-state index contributed by atoms with van der Waals surface area (Å²) in [6, 6.07) is 0.678. The number of nitrogens with one attached hydrogen (secondary N) is 1. The van der Waals surface area contributed by atoms with Crippen molar-refractivity contribution < 1.29 is 9.47 Å². The van der Waals surface area contributed by atoms with Gasteiger partial charge in [0.25, 0.3) is 0 Å². The van der Waals surface area contributed by atoms with Crippen LogP contribution in [0.4, 0.5) is 0 Å². The van der Waals surface area contributed by atoms with E-state index in [0.29, 0.717) is 30.1 Å². The molecule has 0 amide bonds. The summed E-state index contributed by atoms with van der Waals surface area (Å²) in [6.07, 6.45) is 4.15. The molecular weight excluding hydrogens is 226 g/mol. The Morgan fingerprint density at radius 1 is 1.17 bits per heavy atom. The summed E-state index contributed by atoms with van der Waals surface area (Å²) in [5.41, 5.74) is 0.978. The third kappa shape index (κ3) is 2.33. The summed E-state index contributed by atoms with van der Waals surface area (Å²) in [5, 5.41) is 3.72. The fourth-order valence-electron chi connectivity index (χ4n) is 4.06. The van der Waals surface area contributed by atoms with Crippen molar-refractivity contribution in [3.8, 4) is 0 Å². The summed E-state index contributed by atoms with van der Waals surface area (Å²) >= 11 is 0. The van der Waals surface area contributed by atoms with Crippen LogP contribution >= 0.6 is 0 Å². The summed E-state index contributed by atoms with van der Waals surface area (Å²) in [6.45, 7) is 10.5. The molecule has 2 aliphatic carbocycles. The lowest BCUT2D eigenvalue weighted by atomic mass is 9.69. The monoisotopic (exact) mass is 255 g/mol. The Bertz CT molecular complexity index is 280. The van der Waals surface area contributed by atoms with Gasteiger partial charge in [-0.3, -0.25) is 0 Å². The number of rotatable bonds is 7. The molecular formula is C15H29NO2. The molecule has 3 nitrogen and oxygen atoms in total. The van der Waals surface area contributed by atoms with Crippen molar-refractivity contribution in [3.63, 3.8) is 0 Å². The van der Waals surface area contributed by atoms with Gasteiger partial charge in [0.2, 0.25) is 0 Å². The van der Waals surface area contributed by atoms with E-state index in [0.717, 1.165) is 19.1 Å². The first-order valence-electron chi connectivity index (χ1n) is 7.32. The standard InChI is InChI=1S/C15H29NO2/c1-14(2)12-5-6-15(14,3)13(11-12)16-7-8-18-10-9-17-4/h12-13,16H,5-11H2,1-4H3. The molecule has 2 saturated carbocycles. The molecule has 18 heavy (non-hydrogen) atoms. The van der Waals surface area contributed by atoms with Crippen molar-refractivity contribution in [2.24, 2.45) is 16.7 Å². The lowest BCUT2D eigenvalue weighted by Gasteiger charge is -2.39. The zero-order valence-electron chi connectivity index (χ0n) is 12.4. The highest BCUT2D eigenvalue weighted by molar-refractivity contribution is 5.12. The van der Waals surface area contributed by atoms with Gasteiger partial charge in [0, 0.05) is 19.7 Å². The Hall–Kier alpha value is -0.120. The largest absolute Gasteiger partial charge is 0.382 e. The van der Waals surface area contributed by atoms with Crippen LogP contribution in [0.1, 0.15) is 40.0 Å². The minimum Gasteiger partial charge on any atom is -0.382 e. The Kier molecular flexibility index (Phi) is 4.35. The first-order chi connectivity index (χ1) is 8.52. The molecule has 0 aromatic rings. The van der Waals surface area contributed by atoms with Gasteiger partial charge >= 0.3 is 0 Å². The van der Waals surface area contributed by atoms with Crippen LogP contribution in [0.5, 0.6) is 0 Å². The first kappa shape index (κ1) is 14.3. The van der Waals surface area contributed by atoms with E-state index >= 15 is 0 Å². The van der Waals surface area contributed by atoms with E-state index in [9.17, 15) is 0 Å². The van der Waals surface area contributed by atoms with Gasteiger partial charge in [-0.15, -0.1) is 0 Å². The Balaban J connectivity index is 1.72. The van der Waals surface area contributed by atoms with E-state index in [2.05, 4.69) is 26.1 Å². The van der Waals surface area contributed by atoms with E-state index in [-0.39, 0.29) is 0 Å². The zero-order valence-corrected chi connectivity index (χ0v) is 12.4. The molecule has 106 valence electrons. The summed E-state index contributed by atoms with van der Waals surface area (Å²) in [4.78, 5) is 0. The van der Waals surface area contributed by atoms with Crippen molar-refractivity contribution >= 4 is 0 Å². The molecule has 2 fully saturated rings. The molecule has 0 aromatic carbocycles. The lowest BCUT2D eigenvalue weighted by Crippen LogP contribution is -2.45. The molecule has 2 bridgehead atoms. The maximum atomic E-state index is 5.51. The normalized spacial score (nSPS) is 37.3. The molecule has 2 rings (SSSR count). The number of hydrogen-bond acceptors (Lipinski definition) is 3. The third-order valence-corrected chi connectivity index (χ3v) is 5.86. The molecule has 3 atom stereocenters. The van der Waals surface area contributed by atoms with Crippen LogP contribution < -0.4 is 5.32 Å². The molecule has 0 spiro atoms. The number of methoxy groups -OCH3 is 1. The minimum absolute atomic E-state index is 0.476. The predicted octanol–water partition coefficient (Wildman–Crippen LogP) is 2.45. The van der Waals surface area contributed by atoms with Gasteiger partial charge in [-0.05, 0) is 36.0 Å². The smallest absolute Gasteiger partial charge is 0.0700 e. The van der Waals surface area contributed by atoms with Gasteiger partial charge in [-0.25, -0.2) is 0 Å². The molecule has 0 aliphatic heterocycles. The zero-order chi connectivity index (χ0) is 13.2. The third-order valence-electron chi connectivity index (χ3n) is 5.86. The fourth-order valence-corrected chi connectivity index (χ4v) is 4.06. The van der Waals surface area contributed by atoms with Crippen LogP contribution in [0, 0.1) is 16.7 Å². The van der Waals surface area contributed by atoms with Gasteiger partial charge in [0.05, 0.1) is 19.8 Å². The maximum Gasteiger partial charge on any atom is 0.0700 e. The molecule has 3 heteroatoms. The number of ether oxygens (including phenoxy) is 2. The van der Waals surface area contributed by atoms with Crippen LogP contribution in [0.2, 0.25) is 0 Å². The van der Waals surface area contributed by atoms with E-state index in [1.807, 2.05) is 0 Å². The summed E-state index contributed by atoms with van der Waals surface area (Å²) < 4.78 is 10.5. The molecule has 3 unspecified atom stereocenters. The average molecular weight is 255 g/mol. The maximum absolute atomic E-state index is 5.51. The Morgan fingerprint density at radius 2 is 1.94 bits per heavy atom. The van der Waals surface area contributed by atoms with E-state index in [1.165, 1.54) is 19.3 Å². The van der Waals surface area contributed by atoms with E-state index < -0.39 is 0 Å². The Morgan fingerprint density at radius 3 is 2.50 bits per heavy atom. The molecule has 0 heterocycles. The minimum atomic E-state index is 0.476. The predicted molar refractivity (Wildman–Crippen MR) is 73.7 cm³/mol. The van der Waals surface area contributed by atoms with Crippen LogP contribution in [0.25, 0.3) is 0 Å². The quantitative estimate of drug-likeness (QED) is 0.709. The molecule has 2 aliphatic rings. The van der Waals surface area contributed by atoms with Gasteiger partial charge in [-0.1, -0.05) is 20.8 Å². The fraction of sp³-hybridized carbons (Fsp3) is 1.00. The molecule has 0 aromatic heterocycles. The van der Waals surface area contributed by atoms with Gasteiger partial charge in [0.1, 0.15) is 0 Å². The van der Waals surface area contributed by atoms with Gasteiger partial charge < -0.3 is 14.8 Å². The topological polar surface area (TPSA) is 30.5 Å².